The van der Waals surface area contributed by atoms with Gasteiger partial charge in [-0.2, -0.15) is 5.10 Å². The zero-order valence-electron chi connectivity index (χ0n) is 21.5. The van der Waals surface area contributed by atoms with Gasteiger partial charge in [0, 0.05) is 31.0 Å². The predicted octanol–water partition coefficient (Wildman–Crippen LogP) is 4.73. The molecule has 0 spiro atoms. The van der Waals surface area contributed by atoms with E-state index in [1.807, 2.05) is 51.3 Å². The van der Waals surface area contributed by atoms with Crippen molar-refractivity contribution in [2.24, 2.45) is 5.10 Å². The molecule has 0 bridgehead atoms. The summed E-state index contributed by atoms with van der Waals surface area (Å²) in [6, 6.07) is 3.09. The molecule has 0 aliphatic carbocycles. The molecule has 190 valence electrons. The molecule has 36 heavy (non-hydrogen) atoms. The molecule has 1 fully saturated rings. The first-order chi connectivity index (χ1) is 17.1. The minimum atomic E-state index is -0.510. The van der Waals surface area contributed by atoms with Gasteiger partial charge in [0.1, 0.15) is 17.3 Å². The molecule has 0 radical (unpaired) electrons. The molecule has 1 saturated heterocycles. The van der Waals surface area contributed by atoms with E-state index < -0.39 is 11.7 Å². The lowest BCUT2D eigenvalue weighted by molar-refractivity contribution is 0.0414. The molecule has 1 amide bonds. The van der Waals surface area contributed by atoms with E-state index in [-0.39, 0.29) is 16.9 Å². The second kappa shape index (κ2) is 10.1. The van der Waals surface area contributed by atoms with Crippen LogP contribution in [0.15, 0.2) is 60.0 Å². The Morgan fingerprint density at radius 1 is 1.25 bits per heavy atom. The first-order valence-corrected chi connectivity index (χ1v) is 12.0. The lowest BCUT2D eigenvalue weighted by Crippen LogP contribution is -2.41. The summed E-state index contributed by atoms with van der Waals surface area (Å²) in [7, 11) is 0. The third-order valence-corrected chi connectivity index (χ3v) is 6.12. The standard InChI is InChI=1S/C27H33FN6O2/c1-7-30-34-19(3)13-20(14-25(34)32-8-10-36-11-9-32)21-15-23(22(28)12-18(21)2)31-26(35)24-16-33(17-29-24)27(4,5)6/h7,12-17H,3,8-11H2,1-2,4-6H3,(H,31,35)/b30-7-. The van der Waals surface area contributed by atoms with E-state index in [2.05, 4.69) is 26.9 Å². The van der Waals surface area contributed by atoms with Crippen molar-refractivity contribution in [3.8, 4) is 0 Å². The van der Waals surface area contributed by atoms with Crippen molar-refractivity contribution in [1.82, 2.24) is 19.5 Å². The van der Waals surface area contributed by atoms with Crippen LogP contribution in [0.1, 0.15) is 49.3 Å². The van der Waals surface area contributed by atoms with Gasteiger partial charge in [-0.05, 0) is 75.6 Å². The van der Waals surface area contributed by atoms with Crippen LogP contribution in [0.5, 0.6) is 0 Å². The fourth-order valence-corrected chi connectivity index (χ4v) is 4.12. The van der Waals surface area contributed by atoms with E-state index in [1.54, 1.807) is 29.8 Å². The van der Waals surface area contributed by atoms with E-state index in [0.29, 0.717) is 18.9 Å². The lowest BCUT2D eigenvalue weighted by Gasteiger charge is -2.37. The highest BCUT2D eigenvalue weighted by molar-refractivity contribution is 6.03. The number of ether oxygens (including phenoxy) is 1. The number of nitrogens with zero attached hydrogens (tertiary/aromatic N) is 5. The molecule has 0 saturated carbocycles. The summed E-state index contributed by atoms with van der Waals surface area (Å²) >= 11 is 0. The van der Waals surface area contributed by atoms with Crippen molar-refractivity contribution < 1.29 is 13.9 Å². The van der Waals surface area contributed by atoms with Crippen molar-refractivity contribution in [3.63, 3.8) is 0 Å². The van der Waals surface area contributed by atoms with Crippen LogP contribution >= 0.6 is 0 Å². The van der Waals surface area contributed by atoms with Gasteiger partial charge in [0.2, 0.25) is 0 Å². The third kappa shape index (κ3) is 5.26. The van der Waals surface area contributed by atoms with Crippen LogP contribution < -0.4 is 5.32 Å². The number of imidazole rings is 1. The molecule has 4 rings (SSSR count). The van der Waals surface area contributed by atoms with Crippen LogP contribution in [0.25, 0.3) is 5.57 Å². The van der Waals surface area contributed by atoms with Crippen molar-refractivity contribution in [3.05, 3.63) is 77.5 Å². The molecule has 0 atom stereocenters. The highest BCUT2D eigenvalue weighted by Gasteiger charge is 2.25. The monoisotopic (exact) mass is 492 g/mol. The summed E-state index contributed by atoms with van der Waals surface area (Å²) in [5, 5.41) is 8.97. The van der Waals surface area contributed by atoms with E-state index in [9.17, 15) is 9.18 Å². The molecule has 9 heteroatoms. The van der Waals surface area contributed by atoms with Gasteiger partial charge in [-0.25, -0.2) is 14.4 Å². The molecule has 2 aliphatic heterocycles. The van der Waals surface area contributed by atoms with Gasteiger partial charge in [-0.3, -0.25) is 4.79 Å². The number of benzene rings is 1. The number of hydrogen-bond donors (Lipinski definition) is 1. The Labute approximate surface area is 211 Å². The first-order valence-electron chi connectivity index (χ1n) is 12.0. The number of rotatable bonds is 5. The molecule has 3 heterocycles. The summed E-state index contributed by atoms with van der Waals surface area (Å²) in [6.45, 7) is 16.7. The molecular weight excluding hydrogens is 459 g/mol. The fourth-order valence-electron chi connectivity index (χ4n) is 4.12. The van der Waals surface area contributed by atoms with Gasteiger partial charge < -0.3 is 19.5 Å². The normalized spacial score (nSPS) is 16.9. The number of amides is 1. The summed E-state index contributed by atoms with van der Waals surface area (Å²) in [6.07, 6.45) is 8.91. The Kier molecular flexibility index (Phi) is 7.12. The van der Waals surface area contributed by atoms with Crippen LogP contribution in [0.4, 0.5) is 10.1 Å². The van der Waals surface area contributed by atoms with Gasteiger partial charge in [0.25, 0.3) is 5.91 Å². The number of aromatic nitrogens is 2. The van der Waals surface area contributed by atoms with Gasteiger partial charge >= 0.3 is 0 Å². The zero-order valence-corrected chi connectivity index (χ0v) is 21.5. The van der Waals surface area contributed by atoms with Gasteiger partial charge in [0.05, 0.1) is 30.9 Å². The fraction of sp³-hybridized carbons (Fsp3) is 0.370. The number of carbonyl (C=O) groups excluding carboxylic acids is 1. The quantitative estimate of drug-likeness (QED) is 0.611. The van der Waals surface area contributed by atoms with Crippen LogP contribution in [0.2, 0.25) is 0 Å². The summed E-state index contributed by atoms with van der Waals surface area (Å²) in [5.41, 5.74) is 3.17. The molecule has 0 unspecified atom stereocenters. The maximum absolute atomic E-state index is 14.9. The number of allylic oxidation sites excluding steroid dienone is 3. The summed E-state index contributed by atoms with van der Waals surface area (Å²) < 4.78 is 22.3. The van der Waals surface area contributed by atoms with Crippen LogP contribution in [0.3, 0.4) is 0 Å². The molecule has 2 aliphatic rings. The highest BCUT2D eigenvalue weighted by atomic mass is 19.1. The predicted molar refractivity (Wildman–Crippen MR) is 140 cm³/mol. The van der Waals surface area contributed by atoms with Crippen LogP contribution in [-0.2, 0) is 10.3 Å². The second-order valence-electron chi connectivity index (χ2n) is 9.82. The highest BCUT2D eigenvalue weighted by Crippen LogP contribution is 2.34. The van der Waals surface area contributed by atoms with E-state index >= 15 is 0 Å². The molecule has 1 aromatic carbocycles. The van der Waals surface area contributed by atoms with E-state index in [1.165, 1.54) is 6.07 Å². The van der Waals surface area contributed by atoms with Gasteiger partial charge in [-0.1, -0.05) is 6.58 Å². The number of halogens is 1. The third-order valence-electron chi connectivity index (χ3n) is 6.12. The van der Waals surface area contributed by atoms with Gasteiger partial charge in [-0.15, -0.1) is 0 Å². The maximum atomic E-state index is 14.9. The Bertz CT molecular complexity index is 1260. The summed E-state index contributed by atoms with van der Waals surface area (Å²) in [5.74, 6) is -0.104. The lowest BCUT2D eigenvalue weighted by atomic mass is 9.96. The number of hydrazone groups is 1. The van der Waals surface area contributed by atoms with E-state index in [0.717, 1.165) is 35.6 Å². The number of anilines is 1. The zero-order chi connectivity index (χ0) is 26.0. The Hall–Kier alpha value is -3.72. The Morgan fingerprint density at radius 3 is 2.61 bits per heavy atom. The van der Waals surface area contributed by atoms with Gasteiger partial charge in [0.15, 0.2) is 0 Å². The van der Waals surface area contributed by atoms with Crippen molar-refractivity contribution in [2.45, 2.75) is 40.2 Å². The topological polar surface area (TPSA) is 75.0 Å². The van der Waals surface area contributed by atoms with Crippen LogP contribution in [0, 0.1) is 12.7 Å². The number of nitrogens with one attached hydrogen (secondary N) is 1. The Morgan fingerprint density at radius 2 is 1.97 bits per heavy atom. The number of hydrogen-bond acceptors (Lipinski definition) is 6. The first kappa shape index (κ1) is 25.4. The minimum Gasteiger partial charge on any atom is -0.378 e. The number of morpholine rings is 1. The van der Waals surface area contributed by atoms with Crippen molar-refractivity contribution >= 4 is 23.4 Å². The molecular formula is C27H33FN6O2. The molecule has 8 nitrogen and oxygen atoms in total. The Balaban J connectivity index is 1.67. The maximum Gasteiger partial charge on any atom is 0.275 e. The SMILES string of the molecule is C=C1C=C(c2cc(NC(=O)c3cn(C(C)(C)C)cn3)c(F)cc2C)C=C(N2CCOCC2)N1/N=C\C. The average Bonchev–Trinajstić information content (AvgIpc) is 3.34. The summed E-state index contributed by atoms with van der Waals surface area (Å²) in [4.78, 5) is 19.3. The number of aryl methyl sites for hydroxylation is 1. The van der Waals surface area contributed by atoms with Crippen molar-refractivity contribution in [1.29, 1.82) is 0 Å². The largest absolute Gasteiger partial charge is 0.378 e. The smallest absolute Gasteiger partial charge is 0.275 e. The molecule has 1 N–H and O–H groups in total. The number of carbonyl (C=O) groups is 1. The molecule has 2 aromatic rings. The van der Waals surface area contributed by atoms with E-state index in [4.69, 9.17) is 4.74 Å². The second-order valence-corrected chi connectivity index (χ2v) is 9.82. The van der Waals surface area contributed by atoms with Crippen LogP contribution in [-0.4, -0.2) is 57.9 Å². The molecule has 1 aromatic heterocycles. The van der Waals surface area contributed by atoms with Crippen molar-refractivity contribution in [2.75, 3.05) is 31.6 Å². The average molecular weight is 493 g/mol. The minimum absolute atomic E-state index is 0.0905.